The van der Waals surface area contributed by atoms with Crippen LogP contribution in [0.1, 0.15) is 37.0 Å². The maximum Gasteiger partial charge on any atom is 0.237 e. The van der Waals surface area contributed by atoms with Gasteiger partial charge in [0.05, 0.1) is 5.75 Å². The summed E-state index contributed by atoms with van der Waals surface area (Å²) in [5, 5.41) is 13.4. The van der Waals surface area contributed by atoms with Crippen LogP contribution in [-0.4, -0.2) is 24.9 Å². The normalized spacial score (nSPS) is 11.1. The molecule has 0 aliphatic rings. The first kappa shape index (κ1) is 16.7. The average Bonchev–Trinajstić information content (AvgIpc) is 3.17. The van der Waals surface area contributed by atoms with Crippen molar-refractivity contribution in [3.8, 4) is 11.4 Å². The van der Waals surface area contributed by atoms with E-state index < -0.39 is 0 Å². The highest BCUT2D eigenvalue weighted by Crippen LogP contribution is 2.25. The van der Waals surface area contributed by atoms with Crippen molar-refractivity contribution in [2.75, 3.05) is 0 Å². The Morgan fingerprint density at radius 3 is 2.92 bits per heavy atom. The fraction of sp³-hybridized carbons (Fsp3) is 0.412. The smallest absolute Gasteiger partial charge is 0.237 e. The minimum absolute atomic E-state index is 0.596. The van der Waals surface area contributed by atoms with Crippen LogP contribution >= 0.6 is 11.8 Å². The van der Waals surface area contributed by atoms with Crippen LogP contribution in [0.4, 0.5) is 0 Å². The van der Waals surface area contributed by atoms with Crippen molar-refractivity contribution in [2.45, 2.75) is 44.0 Å². The van der Waals surface area contributed by atoms with Crippen LogP contribution in [0.15, 0.2) is 33.9 Å². The highest BCUT2D eigenvalue weighted by molar-refractivity contribution is 7.98. The third-order valence-corrected chi connectivity index (χ3v) is 4.71. The van der Waals surface area contributed by atoms with E-state index in [1.165, 1.54) is 5.56 Å². The zero-order chi connectivity index (χ0) is 16.9. The molecule has 0 radical (unpaired) electrons. The van der Waals surface area contributed by atoms with Gasteiger partial charge in [0.2, 0.25) is 5.89 Å². The van der Waals surface area contributed by atoms with E-state index in [-0.39, 0.29) is 0 Å². The topological polar surface area (TPSA) is 69.6 Å². The molecule has 126 valence electrons. The third kappa shape index (κ3) is 3.84. The van der Waals surface area contributed by atoms with Gasteiger partial charge in [0.1, 0.15) is 0 Å². The van der Waals surface area contributed by atoms with Gasteiger partial charge in [0, 0.05) is 19.0 Å². The van der Waals surface area contributed by atoms with Crippen molar-refractivity contribution >= 4 is 11.8 Å². The van der Waals surface area contributed by atoms with Crippen LogP contribution in [-0.2, 0) is 19.2 Å². The molecule has 0 fully saturated rings. The molecule has 0 aliphatic carbocycles. The maximum absolute atomic E-state index is 5.29. The Morgan fingerprint density at radius 2 is 2.12 bits per heavy atom. The molecule has 0 amide bonds. The van der Waals surface area contributed by atoms with E-state index in [2.05, 4.69) is 46.3 Å². The SMILES string of the molecule is CCCCc1noc(CSc2nnc(-c3cccc(C)c3)n2C)n1. The van der Waals surface area contributed by atoms with Gasteiger partial charge < -0.3 is 9.09 Å². The van der Waals surface area contributed by atoms with Crippen molar-refractivity contribution in [3.63, 3.8) is 0 Å². The van der Waals surface area contributed by atoms with Crippen LogP contribution < -0.4 is 0 Å². The standard InChI is InChI=1S/C17H21N5OS/c1-4-5-9-14-18-15(23-21-14)11-24-17-20-19-16(22(17)3)13-8-6-7-12(2)10-13/h6-8,10H,4-5,9,11H2,1-3H3. The van der Waals surface area contributed by atoms with Crippen LogP contribution in [0, 0.1) is 6.92 Å². The number of aryl methyl sites for hydroxylation is 2. The number of aromatic nitrogens is 5. The molecule has 0 aliphatic heterocycles. The average molecular weight is 343 g/mol. The minimum atomic E-state index is 0.596. The number of rotatable bonds is 7. The minimum Gasteiger partial charge on any atom is -0.338 e. The summed E-state index contributed by atoms with van der Waals surface area (Å²) in [5.41, 5.74) is 2.27. The first-order valence-corrected chi connectivity index (χ1v) is 9.06. The molecule has 1 aromatic carbocycles. The summed E-state index contributed by atoms with van der Waals surface area (Å²) in [4.78, 5) is 4.41. The lowest BCUT2D eigenvalue weighted by Crippen LogP contribution is -1.95. The molecular weight excluding hydrogens is 322 g/mol. The number of benzene rings is 1. The molecule has 0 unspecified atom stereocenters. The van der Waals surface area contributed by atoms with Gasteiger partial charge >= 0.3 is 0 Å². The molecule has 24 heavy (non-hydrogen) atoms. The van der Waals surface area contributed by atoms with Gasteiger partial charge in [0.15, 0.2) is 16.8 Å². The molecule has 2 heterocycles. The molecular formula is C17H21N5OS. The van der Waals surface area contributed by atoms with Gasteiger partial charge in [-0.1, -0.05) is 54.0 Å². The van der Waals surface area contributed by atoms with Gasteiger partial charge in [-0.05, 0) is 19.4 Å². The van der Waals surface area contributed by atoms with Crippen molar-refractivity contribution < 1.29 is 4.52 Å². The quantitative estimate of drug-likeness (QED) is 0.608. The first-order valence-electron chi connectivity index (χ1n) is 8.08. The highest BCUT2D eigenvalue weighted by atomic mass is 32.2. The summed E-state index contributed by atoms with van der Waals surface area (Å²) in [6.45, 7) is 4.22. The molecule has 0 atom stereocenters. The second-order valence-electron chi connectivity index (χ2n) is 5.73. The summed E-state index contributed by atoms with van der Waals surface area (Å²) >= 11 is 1.55. The second-order valence-corrected chi connectivity index (χ2v) is 6.67. The molecule has 2 aromatic heterocycles. The molecule has 0 bridgehead atoms. The number of hydrogen-bond donors (Lipinski definition) is 0. The van der Waals surface area contributed by atoms with E-state index >= 15 is 0 Å². The van der Waals surface area contributed by atoms with Crippen molar-refractivity contribution in [1.29, 1.82) is 0 Å². The van der Waals surface area contributed by atoms with E-state index in [4.69, 9.17) is 4.52 Å². The maximum atomic E-state index is 5.29. The van der Waals surface area contributed by atoms with E-state index in [9.17, 15) is 0 Å². The number of hydrogen-bond acceptors (Lipinski definition) is 6. The lowest BCUT2D eigenvalue weighted by molar-refractivity contribution is 0.384. The predicted octanol–water partition coefficient (Wildman–Crippen LogP) is 3.81. The number of nitrogens with zero attached hydrogens (tertiary/aromatic N) is 5. The van der Waals surface area contributed by atoms with Gasteiger partial charge in [-0.25, -0.2) is 0 Å². The van der Waals surface area contributed by atoms with Crippen LogP contribution in [0.3, 0.4) is 0 Å². The van der Waals surface area contributed by atoms with Crippen LogP contribution in [0.2, 0.25) is 0 Å². The molecule has 0 saturated heterocycles. The van der Waals surface area contributed by atoms with Gasteiger partial charge in [-0.2, -0.15) is 4.98 Å². The highest BCUT2D eigenvalue weighted by Gasteiger charge is 2.13. The summed E-state index contributed by atoms with van der Waals surface area (Å²) in [6.07, 6.45) is 3.07. The Bertz CT molecular complexity index is 811. The van der Waals surface area contributed by atoms with E-state index in [1.54, 1.807) is 11.8 Å². The van der Waals surface area contributed by atoms with E-state index in [0.29, 0.717) is 11.6 Å². The summed E-state index contributed by atoms with van der Waals surface area (Å²) < 4.78 is 7.28. The third-order valence-electron chi connectivity index (χ3n) is 3.70. The monoisotopic (exact) mass is 343 g/mol. The molecule has 6 nitrogen and oxygen atoms in total. The number of thioether (sulfide) groups is 1. The van der Waals surface area contributed by atoms with Crippen molar-refractivity contribution in [1.82, 2.24) is 24.9 Å². The fourth-order valence-electron chi connectivity index (χ4n) is 2.39. The Hall–Kier alpha value is -2.15. The lowest BCUT2D eigenvalue weighted by atomic mass is 10.1. The largest absolute Gasteiger partial charge is 0.338 e. The summed E-state index contributed by atoms with van der Waals surface area (Å²) in [5.74, 6) is 2.87. The van der Waals surface area contributed by atoms with Gasteiger partial charge in [-0.15, -0.1) is 10.2 Å². The molecule has 0 spiro atoms. The summed E-state index contributed by atoms with van der Waals surface area (Å²) in [7, 11) is 1.97. The zero-order valence-corrected chi connectivity index (χ0v) is 15.0. The molecule has 7 heteroatoms. The lowest BCUT2D eigenvalue weighted by Gasteiger charge is -2.03. The van der Waals surface area contributed by atoms with Crippen LogP contribution in [0.25, 0.3) is 11.4 Å². The van der Waals surface area contributed by atoms with E-state index in [0.717, 1.165) is 41.6 Å². The van der Waals surface area contributed by atoms with Crippen molar-refractivity contribution in [2.24, 2.45) is 7.05 Å². The van der Waals surface area contributed by atoms with Gasteiger partial charge in [0.25, 0.3) is 0 Å². The molecule has 3 rings (SSSR count). The fourth-order valence-corrected chi connectivity index (χ4v) is 3.14. The van der Waals surface area contributed by atoms with Gasteiger partial charge in [-0.3, -0.25) is 0 Å². The Kier molecular flexibility index (Phi) is 5.30. The zero-order valence-electron chi connectivity index (χ0n) is 14.2. The number of unbranched alkanes of at least 4 members (excludes halogenated alkanes) is 1. The summed E-state index contributed by atoms with van der Waals surface area (Å²) in [6, 6.07) is 8.25. The second kappa shape index (κ2) is 7.61. The Morgan fingerprint density at radius 1 is 1.25 bits per heavy atom. The molecule has 0 saturated carbocycles. The predicted molar refractivity (Wildman–Crippen MR) is 93.6 cm³/mol. The Balaban J connectivity index is 1.67. The first-order chi connectivity index (χ1) is 11.7. The molecule has 0 N–H and O–H groups in total. The van der Waals surface area contributed by atoms with Crippen molar-refractivity contribution in [3.05, 3.63) is 41.5 Å². The van der Waals surface area contributed by atoms with Crippen LogP contribution in [0.5, 0.6) is 0 Å². The molecule has 3 aromatic rings. The Labute approximate surface area is 145 Å². The van der Waals surface area contributed by atoms with E-state index in [1.807, 2.05) is 23.7 Å².